The van der Waals surface area contributed by atoms with Crippen LogP contribution >= 0.6 is 12.2 Å². The van der Waals surface area contributed by atoms with Crippen molar-refractivity contribution in [2.24, 2.45) is 11.7 Å². The molecule has 1 unspecified atom stereocenters. The Morgan fingerprint density at radius 2 is 2.43 bits per heavy atom. The van der Waals surface area contributed by atoms with Gasteiger partial charge in [0.1, 0.15) is 0 Å². The Hall–Kier alpha value is -0.370. The Kier molecular flexibility index (Phi) is 2.60. The van der Waals surface area contributed by atoms with Gasteiger partial charge in [0.15, 0.2) is 0 Å². The molecule has 0 fully saturated rings. The Morgan fingerprint density at radius 3 is 2.43 bits per heavy atom. The summed E-state index contributed by atoms with van der Waals surface area (Å²) in [6.07, 6.45) is 1.72. The van der Waals surface area contributed by atoms with Crippen molar-refractivity contribution in [3.05, 3.63) is 12.7 Å². The minimum atomic E-state index is 0.176. The lowest BCUT2D eigenvalue weighted by atomic mass is 10.2. The second-order valence-electron chi connectivity index (χ2n) is 1.43. The van der Waals surface area contributed by atoms with E-state index in [2.05, 4.69) is 18.8 Å². The van der Waals surface area contributed by atoms with Gasteiger partial charge in [0, 0.05) is 5.92 Å². The summed E-state index contributed by atoms with van der Waals surface area (Å²) in [7, 11) is 0. The maximum absolute atomic E-state index is 5.21. The molecule has 0 aromatic heterocycles. The molecule has 0 heterocycles. The second-order valence-corrected chi connectivity index (χ2v) is 1.90. The van der Waals surface area contributed by atoms with Crippen LogP contribution < -0.4 is 5.73 Å². The topological polar surface area (TPSA) is 26.0 Å². The van der Waals surface area contributed by atoms with Crippen molar-refractivity contribution in [2.75, 3.05) is 0 Å². The van der Waals surface area contributed by atoms with Gasteiger partial charge < -0.3 is 5.73 Å². The highest BCUT2D eigenvalue weighted by molar-refractivity contribution is 7.80. The molecular weight excluding hydrogens is 106 g/mol. The molecule has 0 bridgehead atoms. The van der Waals surface area contributed by atoms with E-state index in [-0.39, 0.29) is 5.92 Å². The summed E-state index contributed by atoms with van der Waals surface area (Å²) in [5, 5.41) is 0. The first-order chi connectivity index (χ1) is 3.18. The van der Waals surface area contributed by atoms with Gasteiger partial charge >= 0.3 is 0 Å². The molecule has 0 aliphatic heterocycles. The molecule has 0 aliphatic carbocycles. The summed E-state index contributed by atoms with van der Waals surface area (Å²) in [5.41, 5.74) is 5.21. The highest BCUT2D eigenvalue weighted by atomic mass is 32.1. The Bertz CT molecular complexity index is 88.1. The third-order valence-electron chi connectivity index (χ3n) is 0.802. The van der Waals surface area contributed by atoms with Crippen LogP contribution in [0.2, 0.25) is 0 Å². The van der Waals surface area contributed by atoms with Gasteiger partial charge in [0.25, 0.3) is 0 Å². The zero-order chi connectivity index (χ0) is 5.86. The lowest BCUT2D eigenvalue weighted by Gasteiger charge is -1.97. The largest absolute Gasteiger partial charge is 0.393 e. The van der Waals surface area contributed by atoms with Gasteiger partial charge in [-0.25, -0.2) is 0 Å². The smallest absolute Gasteiger partial charge is 0.0794 e. The fourth-order valence-corrected chi connectivity index (χ4v) is 0.212. The van der Waals surface area contributed by atoms with Crippen molar-refractivity contribution in [3.8, 4) is 0 Å². The average Bonchev–Trinajstić information content (AvgIpc) is 1.65. The monoisotopic (exact) mass is 115 g/mol. The standard InChI is InChI=1S/C5H9NS/c1-3-4(2)5(6)7/h3-4H,1H2,2H3,(H2,6,7). The van der Waals surface area contributed by atoms with E-state index >= 15 is 0 Å². The molecule has 0 saturated carbocycles. The maximum Gasteiger partial charge on any atom is 0.0794 e. The van der Waals surface area contributed by atoms with Crippen LogP contribution in [0, 0.1) is 5.92 Å². The van der Waals surface area contributed by atoms with Crippen LogP contribution in [0.1, 0.15) is 6.92 Å². The zero-order valence-corrected chi connectivity index (χ0v) is 5.16. The van der Waals surface area contributed by atoms with Crippen LogP contribution in [0.5, 0.6) is 0 Å². The van der Waals surface area contributed by atoms with Crippen molar-refractivity contribution in [1.82, 2.24) is 0 Å². The van der Waals surface area contributed by atoms with Crippen molar-refractivity contribution in [2.45, 2.75) is 6.92 Å². The molecule has 0 aliphatic rings. The number of rotatable bonds is 2. The Morgan fingerprint density at radius 1 is 2.00 bits per heavy atom. The molecular formula is C5H9NS. The molecule has 2 N–H and O–H groups in total. The molecule has 0 spiro atoms. The number of hydrogen-bond donors (Lipinski definition) is 1. The lowest BCUT2D eigenvalue weighted by Crippen LogP contribution is -2.15. The van der Waals surface area contributed by atoms with Crippen LogP contribution in [0.4, 0.5) is 0 Å². The summed E-state index contributed by atoms with van der Waals surface area (Å²) < 4.78 is 0. The van der Waals surface area contributed by atoms with Crippen LogP contribution in [0.15, 0.2) is 12.7 Å². The average molecular weight is 115 g/mol. The minimum Gasteiger partial charge on any atom is -0.393 e. The summed E-state index contributed by atoms with van der Waals surface area (Å²) in [6.45, 7) is 5.43. The maximum atomic E-state index is 5.21. The SMILES string of the molecule is C=CC(C)C(N)=S. The Labute approximate surface area is 49.2 Å². The van der Waals surface area contributed by atoms with Crippen LogP contribution in [-0.4, -0.2) is 4.99 Å². The van der Waals surface area contributed by atoms with Gasteiger partial charge in [-0.05, 0) is 0 Å². The molecule has 1 nitrogen and oxygen atoms in total. The first-order valence-corrected chi connectivity index (χ1v) is 2.51. The van der Waals surface area contributed by atoms with Crippen molar-refractivity contribution in [3.63, 3.8) is 0 Å². The molecule has 0 saturated heterocycles. The number of hydrogen-bond acceptors (Lipinski definition) is 1. The lowest BCUT2D eigenvalue weighted by molar-refractivity contribution is 1.01. The summed E-state index contributed by atoms with van der Waals surface area (Å²) in [6, 6.07) is 0. The van der Waals surface area contributed by atoms with Gasteiger partial charge in [-0.3, -0.25) is 0 Å². The van der Waals surface area contributed by atoms with Gasteiger partial charge in [-0.2, -0.15) is 0 Å². The van der Waals surface area contributed by atoms with Gasteiger partial charge in [0.2, 0.25) is 0 Å². The van der Waals surface area contributed by atoms with Crippen molar-refractivity contribution in [1.29, 1.82) is 0 Å². The molecule has 0 amide bonds. The third-order valence-corrected chi connectivity index (χ3v) is 1.17. The van der Waals surface area contributed by atoms with Crippen LogP contribution in [0.3, 0.4) is 0 Å². The predicted molar refractivity (Wildman–Crippen MR) is 36.1 cm³/mol. The molecule has 7 heavy (non-hydrogen) atoms. The summed E-state index contributed by atoms with van der Waals surface area (Å²) in [5.74, 6) is 0.176. The second kappa shape index (κ2) is 2.75. The van der Waals surface area contributed by atoms with Crippen LogP contribution in [0.25, 0.3) is 0 Å². The van der Waals surface area contributed by atoms with Crippen molar-refractivity contribution < 1.29 is 0 Å². The van der Waals surface area contributed by atoms with Gasteiger partial charge in [0.05, 0.1) is 4.99 Å². The van der Waals surface area contributed by atoms with E-state index in [0.29, 0.717) is 4.99 Å². The predicted octanol–water partition coefficient (Wildman–Crippen LogP) is 1.09. The molecule has 0 aromatic carbocycles. The van der Waals surface area contributed by atoms with E-state index in [9.17, 15) is 0 Å². The van der Waals surface area contributed by atoms with E-state index in [1.165, 1.54) is 0 Å². The van der Waals surface area contributed by atoms with E-state index in [1.807, 2.05) is 6.92 Å². The molecule has 2 heteroatoms. The quantitative estimate of drug-likeness (QED) is 0.430. The fraction of sp³-hybridized carbons (Fsp3) is 0.400. The molecule has 40 valence electrons. The summed E-state index contributed by atoms with van der Waals surface area (Å²) >= 11 is 4.62. The first kappa shape index (κ1) is 6.63. The minimum absolute atomic E-state index is 0.176. The number of nitrogens with two attached hydrogens (primary N) is 1. The van der Waals surface area contributed by atoms with Gasteiger partial charge in [-0.15, -0.1) is 6.58 Å². The van der Waals surface area contributed by atoms with Crippen LogP contribution in [-0.2, 0) is 0 Å². The fourth-order valence-electron chi connectivity index (χ4n) is 0.116. The molecule has 0 aromatic rings. The number of thiocarbonyl (C=S) groups is 1. The highest BCUT2D eigenvalue weighted by Gasteiger charge is 1.94. The highest BCUT2D eigenvalue weighted by Crippen LogP contribution is 1.92. The van der Waals surface area contributed by atoms with E-state index < -0.39 is 0 Å². The Balaban J connectivity index is 3.55. The summed E-state index contributed by atoms with van der Waals surface area (Å²) in [4.78, 5) is 0.509. The van der Waals surface area contributed by atoms with Gasteiger partial charge in [-0.1, -0.05) is 25.2 Å². The molecule has 1 atom stereocenters. The van der Waals surface area contributed by atoms with E-state index in [4.69, 9.17) is 5.73 Å². The molecule has 0 rings (SSSR count). The first-order valence-electron chi connectivity index (χ1n) is 2.10. The zero-order valence-electron chi connectivity index (χ0n) is 4.35. The van der Waals surface area contributed by atoms with E-state index in [1.54, 1.807) is 6.08 Å². The van der Waals surface area contributed by atoms with E-state index in [0.717, 1.165) is 0 Å². The molecule has 0 radical (unpaired) electrons. The third kappa shape index (κ3) is 2.34. The van der Waals surface area contributed by atoms with Crippen molar-refractivity contribution >= 4 is 17.2 Å². The normalized spacial score (nSPS) is 12.7.